The number of hydrogen-bond donors (Lipinski definition) is 1. The van der Waals surface area contributed by atoms with Crippen LogP contribution < -0.4 is 0 Å². The van der Waals surface area contributed by atoms with Crippen molar-refractivity contribution < 1.29 is 38.2 Å². The summed E-state index contributed by atoms with van der Waals surface area (Å²) in [5.41, 5.74) is 0. The van der Waals surface area contributed by atoms with Gasteiger partial charge in [0.2, 0.25) is 0 Å². The maximum Gasteiger partial charge on any atom is 0.362 e. The quantitative estimate of drug-likeness (QED) is 0.0299. The SMILES string of the molecule is CC/C=C/C/C=C/C/C=C/C/C=C/C/C=C/C/C=C/CCCCC(=O)OCC(COCCC(C(=O)O)[N+](C)(C)C)OC(=O)CCCCCCCCCC. The zero-order valence-electron chi connectivity index (χ0n) is 34.2. The number of esters is 2. The van der Waals surface area contributed by atoms with Gasteiger partial charge in [0, 0.05) is 19.3 Å². The van der Waals surface area contributed by atoms with E-state index in [1.54, 1.807) is 0 Å². The van der Waals surface area contributed by atoms with Crippen LogP contribution in [0.1, 0.15) is 142 Å². The van der Waals surface area contributed by atoms with Crippen LogP contribution in [0.5, 0.6) is 0 Å². The van der Waals surface area contributed by atoms with E-state index >= 15 is 0 Å². The molecule has 0 spiro atoms. The first-order valence-corrected chi connectivity index (χ1v) is 20.5. The summed E-state index contributed by atoms with van der Waals surface area (Å²) in [4.78, 5) is 36.7. The number of carboxylic acid groups (broad SMARTS) is 1. The molecule has 0 fully saturated rings. The first-order chi connectivity index (χ1) is 25.6. The molecule has 0 aliphatic rings. The molecule has 0 rings (SSSR count). The molecule has 0 radical (unpaired) electrons. The van der Waals surface area contributed by atoms with Crippen molar-refractivity contribution in [3.63, 3.8) is 0 Å². The second-order valence-corrected chi connectivity index (χ2v) is 14.5. The number of carbonyl (C=O) groups is 3. The van der Waals surface area contributed by atoms with Gasteiger partial charge in [-0.05, 0) is 64.2 Å². The molecule has 0 aliphatic heterocycles. The Hall–Kier alpha value is -3.23. The molecule has 0 saturated carbocycles. The molecule has 0 bridgehead atoms. The summed E-state index contributed by atoms with van der Waals surface area (Å²) in [6.45, 7) is 4.52. The number of ether oxygens (including phenoxy) is 3. The van der Waals surface area contributed by atoms with Gasteiger partial charge in [-0.1, -0.05) is 132 Å². The number of aliphatic carboxylic acids is 1. The Kier molecular flexibility index (Phi) is 33.6. The molecule has 2 atom stereocenters. The van der Waals surface area contributed by atoms with Gasteiger partial charge in [-0.15, -0.1) is 0 Å². The minimum atomic E-state index is -0.885. The smallest absolute Gasteiger partial charge is 0.362 e. The number of quaternary nitrogens is 1. The summed E-state index contributed by atoms with van der Waals surface area (Å²) in [6.07, 6.45) is 43.9. The molecule has 0 amide bonds. The Morgan fingerprint density at radius 1 is 0.585 bits per heavy atom. The molecular weight excluding hydrogens is 666 g/mol. The van der Waals surface area contributed by atoms with E-state index in [9.17, 15) is 19.5 Å². The molecule has 0 saturated heterocycles. The fourth-order valence-electron chi connectivity index (χ4n) is 5.45. The molecule has 53 heavy (non-hydrogen) atoms. The van der Waals surface area contributed by atoms with Gasteiger partial charge in [-0.25, -0.2) is 4.79 Å². The van der Waals surface area contributed by atoms with Gasteiger partial charge in [0.25, 0.3) is 0 Å². The summed E-state index contributed by atoms with van der Waals surface area (Å²) in [5.74, 6) is -1.54. The first kappa shape index (κ1) is 49.8. The number of likely N-dealkylation sites (N-methyl/N-ethyl adjacent to an activating group) is 1. The predicted molar refractivity (Wildman–Crippen MR) is 220 cm³/mol. The van der Waals surface area contributed by atoms with E-state index in [1.165, 1.54) is 32.1 Å². The zero-order chi connectivity index (χ0) is 39.3. The van der Waals surface area contributed by atoms with Gasteiger partial charge >= 0.3 is 17.9 Å². The topological polar surface area (TPSA) is 99.1 Å². The van der Waals surface area contributed by atoms with Crippen LogP contribution in [-0.4, -0.2) is 80.6 Å². The van der Waals surface area contributed by atoms with Crippen LogP contribution >= 0.6 is 0 Å². The second-order valence-electron chi connectivity index (χ2n) is 14.5. The van der Waals surface area contributed by atoms with Gasteiger partial charge in [0.1, 0.15) is 6.61 Å². The van der Waals surface area contributed by atoms with Crippen LogP contribution in [0.25, 0.3) is 0 Å². The van der Waals surface area contributed by atoms with Crippen LogP contribution in [0, 0.1) is 0 Å². The van der Waals surface area contributed by atoms with Crippen molar-refractivity contribution in [2.75, 3.05) is 41.0 Å². The monoisotopic (exact) mass is 743 g/mol. The van der Waals surface area contributed by atoms with E-state index in [1.807, 2.05) is 21.1 Å². The zero-order valence-corrected chi connectivity index (χ0v) is 34.2. The normalized spacial score (nSPS) is 13.8. The highest BCUT2D eigenvalue weighted by atomic mass is 16.6. The van der Waals surface area contributed by atoms with E-state index in [-0.39, 0.29) is 36.2 Å². The van der Waals surface area contributed by atoms with Gasteiger partial charge < -0.3 is 23.8 Å². The molecule has 302 valence electrons. The summed E-state index contributed by atoms with van der Waals surface area (Å²) < 4.78 is 17.1. The predicted octanol–water partition coefficient (Wildman–Crippen LogP) is 10.8. The van der Waals surface area contributed by atoms with Crippen molar-refractivity contribution in [1.82, 2.24) is 0 Å². The molecule has 8 nitrogen and oxygen atoms in total. The lowest BCUT2D eigenvalue weighted by atomic mass is 10.1. The van der Waals surface area contributed by atoms with Crippen molar-refractivity contribution in [1.29, 1.82) is 0 Å². The Morgan fingerprint density at radius 2 is 1.06 bits per heavy atom. The third kappa shape index (κ3) is 34.3. The van der Waals surface area contributed by atoms with Gasteiger partial charge in [-0.3, -0.25) is 9.59 Å². The van der Waals surface area contributed by atoms with Crippen molar-refractivity contribution >= 4 is 17.9 Å². The van der Waals surface area contributed by atoms with E-state index in [0.29, 0.717) is 25.7 Å². The third-order valence-corrected chi connectivity index (χ3v) is 8.62. The largest absolute Gasteiger partial charge is 0.477 e. The second kappa shape index (κ2) is 35.8. The minimum absolute atomic E-state index is 0.0443. The maximum atomic E-state index is 12.6. The molecule has 0 aliphatic carbocycles. The lowest BCUT2D eigenvalue weighted by Gasteiger charge is -2.31. The Balaban J connectivity index is 4.38. The van der Waals surface area contributed by atoms with E-state index in [4.69, 9.17) is 14.2 Å². The number of carboxylic acids is 1. The number of nitrogens with zero attached hydrogens (tertiary/aromatic N) is 1. The Bertz CT molecular complexity index is 1100. The Labute approximate surface area is 323 Å². The lowest BCUT2D eigenvalue weighted by molar-refractivity contribution is -0.887. The highest BCUT2D eigenvalue weighted by molar-refractivity contribution is 5.72. The maximum absolute atomic E-state index is 12.6. The van der Waals surface area contributed by atoms with Gasteiger partial charge in [0.05, 0.1) is 34.4 Å². The summed E-state index contributed by atoms with van der Waals surface area (Å²) in [7, 11) is 5.49. The average Bonchev–Trinajstić information content (AvgIpc) is 3.11. The molecule has 1 N–H and O–H groups in total. The number of hydrogen-bond acceptors (Lipinski definition) is 6. The highest BCUT2D eigenvalue weighted by Crippen LogP contribution is 2.12. The van der Waals surface area contributed by atoms with Gasteiger partial charge in [0.15, 0.2) is 12.1 Å². The number of carbonyl (C=O) groups excluding carboxylic acids is 2. The lowest BCUT2D eigenvalue weighted by Crippen LogP contribution is -2.50. The number of unbranched alkanes of at least 4 members (excludes halogenated alkanes) is 9. The van der Waals surface area contributed by atoms with Crippen LogP contribution in [0.3, 0.4) is 0 Å². The fourth-order valence-corrected chi connectivity index (χ4v) is 5.45. The molecular formula is C45H76NO7+. The molecule has 0 heterocycles. The Morgan fingerprint density at radius 3 is 1.57 bits per heavy atom. The third-order valence-electron chi connectivity index (χ3n) is 8.62. The van der Waals surface area contributed by atoms with Crippen LogP contribution in [0.2, 0.25) is 0 Å². The summed E-state index contributed by atoms with van der Waals surface area (Å²) in [5, 5.41) is 9.58. The standard InChI is InChI=1S/C45H75NO7/c1-6-8-10-12-14-16-17-18-19-20-21-22-23-24-25-26-27-28-30-31-33-35-43(47)52-40-41(39-51-38-37-42(45(49)50)46(3,4)5)53-44(48)36-34-32-29-15-13-11-9-7-2/h8,10,14,16,18-19,21-22,24-25,27-28,41-42H,6-7,9,11-13,15,17,20,23,26,29-40H2,1-5H3/p+1/b10-8+,16-14+,19-18+,22-21+,25-24+,28-27+. The van der Waals surface area contributed by atoms with E-state index in [0.717, 1.165) is 70.6 Å². The van der Waals surface area contributed by atoms with Crippen molar-refractivity contribution in [3.05, 3.63) is 72.9 Å². The summed E-state index contributed by atoms with van der Waals surface area (Å²) in [6, 6.07) is -0.622. The number of rotatable bonds is 35. The molecule has 0 aromatic heterocycles. The fraction of sp³-hybridized carbons (Fsp3) is 0.667. The van der Waals surface area contributed by atoms with Crippen molar-refractivity contribution in [3.8, 4) is 0 Å². The van der Waals surface area contributed by atoms with Crippen LogP contribution in [-0.2, 0) is 28.6 Å². The molecule has 2 unspecified atom stereocenters. The van der Waals surface area contributed by atoms with Crippen LogP contribution in [0.15, 0.2) is 72.9 Å². The molecule has 8 heteroatoms. The average molecular weight is 743 g/mol. The highest BCUT2D eigenvalue weighted by Gasteiger charge is 2.31. The first-order valence-electron chi connectivity index (χ1n) is 20.5. The summed E-state index contributed by atoms with van der Waals surface area (Å²) >= 11 is 0. The minimum Gasteiger partial charge on any atom is -0.477 e. The van der Waals surface area contributed by atoms with Crippen LogP contribution in [0.4, 0.5) is 0 Å². The van der Waals surface area contributed by atoms with Gasteiger partial charge in [-0.2, -0.15) is 0 Å². The molecule has 0 aromatic carbocycles. The molecule has 0 aromatic rings. The van der Waals surface area contributed by atoms with Crippen molar-refractivity contribution in [2.24, 2.45) is 0 Å². The number of allylic oxidation sites excluding steroid dienone is 12. The van der Waals surface area contributed by atoms with Crippen molar-refractivity contribution in [2.45, 2.75) is 154 Å². The van der Waals surface area contributed by atoms with E-state index < -0.39 is 18.1 Å². The van der Waals surface area contributed by atoms with E-state index in [2.05, 4.69) is 86.8 Å².